The van der Waals surface area contributed by atoms with E-state index in [0.717, 1.165) is 31.5 Å². The molecule has 0 aliphatic carbocycles. The molecule has 3 heterocycles. The molecule has 7 nitrogen and oxygen atoms in total. The minimum atomic E-state index is -0.267. The van der Waals surface area contributed by atoms with E-state index in [-0.39, 0.29) is 18.0 Å². The zero-order valence-corrected chi connectivity index (χ0v) is 15.8. The number of aromatic nitrogens is 4. The minimum Gasteiger partial charge on any atom is -0.341 e. The van der Waals surface area contributed by atoms with Gasteiger partial charge in [0, 0.05) is 35.4 Å². The molecular formula is C19H20ClN5O2. The first-order valence-electron chi connectivity index (χ1n) is 9.04. The van der Waals surface area contributed by atoms with Crippen molar-refractivity contribution in [3.05, 3.63) is 51.4 Å². The first kappa shape index (κ1) is 17.7. The molecule has 0 atom stereocenters. The summed E-state index contributed by atoms with van der Waals surface area (Å²) in [5.41, 5.74) is 1.18. The highest BCUT2D eigenvalue weighted by molar-refractivity contribution is 6.30. The van der Waals surface area contributed by atoms with E-state index in [1.165, 1.54) is 17.0 Å². The van der Waals surface area contributed by atoms with Gasteiger partial charge in [0.15, 0.2) is 5.82 Å². The Balaban J connectivity index is 1.74. The summed E-state index contributed by atoms with van der Waals surface area (Å²) in [6.07, 6.45) is 3.24. The normalized spacial score (nSPS) is 14.7. The average molecular weight is 386 g/mol. The molecule has 8 heteroatoms. The summed E-state index contributed by atoms with van der Waals surface area (Å²) in [6, 6.07) is 8.59. The molecule has 0 bridgehead atoms. The second-order valence-corrected chi connectivity index (χ2v) is 7.24. The van der Waals surface area contributed by atoms with Crippen molar-refractivity contribution in [2.45, 2.75) is 32.7 Å². The summed E-state index contributed by atoms with van der Waals surface area (Å²) in [4.78, 5) is 31.5. The molecule has 27 heavy (non-hydrogen) atoms. The molecule has 3 aromatic rings. The van der Waals surface area contributed by atoms with Gasteiger partial charge < -0.3 is 9.47 Å². The van der Waals surface area contributed by atoms with Gasteiger partial charge in [-0.25, -0.2) is 0 Å². The van der Waals surface area contributed by atoms with Crippen LogP contribution in [0.2, 0.25) is 5.02 Å². The van der Waals surface area contributed by atoms with Crippen molar-refractivity contribution in [1.82, 2.24) is 24.1 Å². The van der Waals surface area contributed by atoms with Gasteiger partial charge >= 0.3 is 0 Å². The Morgan fingerprint density at radius 2 is 1.85 bits per heavy atom. The van der Waals surface area contributed by atoms with Gasteiger partial charge in [-0.2, -0.15) is 9.50 Å². The van der Waals surface area contributed by atoms with Gasteiger partial charge in [0.2, 0.25) is 11.7 Å². The molecule has 1 aromatic carbocycles. The van der Waals surface area contributed by atoms with Gasteiger partial charge in [0.25, 0.3) is 5.56 Å². The topological polar surface area (TPSA) is 72.5 Å². The lowest BCUT2D eigenvalue weighted by atomic mass is 10.1. The number of nitrogens with zero attached hydrogens (tertiary/aromatic N) is 5. The Morgan fingerprint density at radius 1 is 1.15 bits per heavy atom. The number of carbonyl (C=O) groups is 1. The van der Waals surface area contributed by atoms with Crippen molar-refractivity contribution in [2.75, 3.05) is 13.1 Å². The summed E-state index contributed by atoms with van der Waals surface area (Å²) in [7, 11) is 0. The van der Waals surface area contributed by atoms with Crippen LogP contribution in [0.5, 0.6) is 0 Å². The highest BCUT2D eigenvalue weighted by Gasteiger charge is 2.20. The number of hydrogen-bond donors (Lipinski definition) is 0. The van der Waals surface area contributed by atoms with Crippen molar-refractivity contribution in [3.8, 4) is 11.4 Å². The number of hydrogen-bond acceptors (Lipinski definition) is 4. The quantitative estimate of drug-likeness (QED) is 0.694. The van der Waals surface area contributed by atoms with E-state index in [1.807, 2.05) is 11.8 Å². The fraction of sp³-hybridized carbons (Fsp3) is 0.368. The van der Waals surface area contributed by atoms with E-state index in [0.29, 0.717) is 22.3 Å². The van der Waals surface area contributed by atoms with Crippen LogP contribution in [0.15, 0.2) is 35.1 Å². The van der Waals surface area contributed by atoms with E-state index < -0.39 is 0 Å². The number of piperidine rings is 1. The molecule has 0 radical (unpaired) electrons. The number of carbonyl (C=O) groups excluding carboxylic acids is 1. The third kappa shape index (κ3) is 3.47. The third-order valence-electron chi connectivity index (χ3n) is 4.90. The van der Waals surface area contributed by atoms with Crippen LogP contribution in [0.1, 0.15) is 25.0 Å². The molecule has 1 saturated heterocycles. The lowest BCUT2D eigenvalue weighted by molar-refractivity contribution is -0.132. The first-order chi connectivity index (χ1) is 13.0. The number of halogens is 1. The standard InChI is InChI=1S/C19H20ClN5O2/c1-13-11-16(26)25-19(21-18(22-25)14-5-7-15(20)8-6-14)24(13)12-17(27)23-9-3-2-4-10-23/h5-8,11H,2-4,9-10,12H2,1H3. The number of aryl methyl sites for hydroxylation is 1. The SMILES string of the molecule is Cc1cc(=O)n2nc(-c3ccc(Cl)cc3)nc2n1CC(=O)N1CCCCC1. The highest BCUT2D eigenvalue weighted by atomic mass is 35.5. The largest absolute Gasteiger partial charge is 0.341 e. The summed E-state index contributed by atoms with van der Waals surface area (Å²) in [5.74, 6) is 0.836. The first-order valence-corrected chi connectivity index (χ1v) is 9.42. The van der Waals surface area contributed by atoms with Crippen LogP contribution in [-0.2, 0) is 11.3 Å². The van der Waals surface area contributed by atoms with Crippen molar-refractivity contribution in [3.63, 3.8) is 0 Å². The minimum absolute atomic E-state index is 0.0411. The van der Waals surface area contributed by atoms with Crippen molar-refractivity contribution in [2.24, 2.45) is 0 Å². The molecular weight excluding hydrogens is 366 g/mol. The van der Waals surface area contributed by atoms with E-state index in [2.05, 4.69) is 10.1 Å². The van der Waals surface area contributed by atoms with Crippen molar-refractivity contribution < 1.29 is 4.79 Å². The zero-order valence-electron chi connectivity index (χ0n) is 15.1. The van der Waals surface area contributed by atoms with Gasteiger partial charge in [-0.15, -0.1) is 5.10 Å². The lowest BCUT2D eigenvalue weighted by Gasteiger charge is -2.27. The Kier molecular flexibility index (Phi) is 4.70. The fourth-order valence-corrected chi connectivity index (χ4v) is 3.52. The van der Waals surface area contributed by atoms with Crippen LogP contribution in [0.25, 0.3) is 17.2 Å². The summed E-state index contributed by atoms with van der Waals surface area (Å²) in [5, 5.41) is 4.95. The van der Waals surface area contributed by atoms with Crippen LogP contribution in [0.4, 0.5) is 0 Å². The van der Waals surface area contributed by atoms with Gasteiger partial charge in [0.1, 0.15) is 6.54 Å². The van der Waals surface area contributed by atoms with E-state index >= 15 is 0 Å². The average Bonchev–Trinajstić information content (AvgIpc) is 3.12. The Labute approximate surface area is 161 Å². The fourth-order valence-electron chi connectivity index (χ4n) is 3.40. The molecule has 4 rings (SSSR count). The van der Waals surface area contributed by atoms with Crippen LogP contribution in [-0.4, -0.2) is 43.1 Å². The third-order valence-corrected chi connectivity index (χ3v) is 5.15. The maximum atomic E-state index is 12.7. The van der Waals surface area contributed by atoms with E-state index in [9.17, 15) is 9.59 Å². The van der Waals surface area contributed by atoms with Crippen LogP contribution in [0.3, 0.4) is 0 Å². The second kappa shape index (κ2) is 7.15. The van der Waals surface area contributed by atoms with Crippen molar-refractivity contribution in [1.29, 1.82) is 0 Å². The molecule has 0 unspecified atom stereocenters. The predicted octanol–water partition coefficient (Wildman–Crippen LogP) is 2.53. The summed E-state index contributed by atoms with van der Waals surface area (Å²) >= 11 is 5.94. The van der Waals surface area contributed by atoms with Crippen LogP contribution >= 0.6 is 11.6 Å². The monoisotopic (exact) mass is 385 g/mol. The smallest absolute Gasteiger partial charge is 0.275 e. The molecule has 1 amide bonds. The van der Waals surface area contributed by atoms with E-state index in [1.54, 1.807) is 28.8 Å². The van der Waals surface area contributed by atoms with Gasteiger partial charge in [-0.05, 0) is 50.5 Å². The lowest BCUT2D eigenvalue weighted by Crippen LogP contribution is -2.38. The van der Waals surface area contributed by atoms with Gasteiger partial charge in [-0.3, -0.25) is 9.59 Å². The predicted molar refractivity (Wildman–Crippen MR) is 103 cm³/mol. The number of fused-ring (bicyclic) bond motifs is 1. The number of amides is 1. The molecule has 0 N–H and O–H groups in total. The van der Waals surface area contributed by atoms with Gasteiger partial charge in [0.05, 0.1) is 0 Å². The highest BCUT2D eigenvalue weighted by Crippen LogP contribution is 2.19. The molecule has 0 saturated carbocycles. The molecule has 0 spiro atoms. The zero-order chi connectivity index (χ0) is 19.0. The van der Waals surface area contributed by atoms with Crippen LogP contribution < -0.4 is 5.56 Å². The van der Waals surface area contributed by atoms with Crippen molar-refractivity contribution >= 4 is 23.3 Å². The second-order valence-electron chi connectivity index (χ2n) is 6.81. The number of likely N-dealkylation sites (tertiary alicyclic amines) is 1. The Hall–Kier alpha value is -2.67. The number of rotatable bonds is 3. The molecule has 1 fully saturated rings. The van der Waals surface area contributed by atoms with Gasteiger partial charge in [-0.1, -0.05) is 11.6 Å². The molecule has 140 valence electrons. The summed E-state index contributed by atoms with van der Waals surface area (Å²) in [6.45, 7) is 3.53. The maximum absolute atomic E-state index is 12.7. The molecule has 2 aromatic heterocycles. The molecule has 1 aliphatic rings. The molecule has 1 aliphatic heterocycles. The van der Waals surface area contributed by atoms with E-state index in [4.69, 9.17) is 11.6 Å². The number of benzene rings is 1. The maximum Gasteiger partial charge on any atom is 0.275 e. The Bertz CT molecular complexity index is 1050. The Morgan fingerprint density at radius 3 is 2.56 bits per heavy atom. The van der Waals surface area contributed by atoms with Crippen LogP contribution in [0, 0.1) is 6.92 Å². The summed E-state index contributed by atoms with van der Waals surface area (Å²) < 4.78 is 3.01.